The number of hydrogen-bond donors (Lipinski definition) is 0. The SMILES string of the molecule is CCN(CC)C(=O)C1=CC(c2cnn(CC)c2C)=NS(=O)(=O)N1C. The van der Waals surface area contributed by atoms with Crippen LogP contribution in [0.4, 0.5) is 0 Å². The first-order valence-corrected chi connectivity index (χ1v) is 9.29. The summed E-state index contributed by atoms with van der Waals surface area (Å²) in [6.45, 7) is 9.16. The first-order valence-electron chi connectivity index (χ1n) is 7.89. The number of carbonyl (C=O) groups excluding carboxylic acids is 1. The van der Waals surface area contributed by atoms with Gasteiger partial charge >= 0.3 is 10.2 Å². The maximum absolute atomic E-state index is 12.7. The standard InChI is InChI=1S/C15H23N5O3S/c1-6-19(7-2)15(21)14-9-13(17-24(22,23)18(14)5)12-10-16-20(8-3)11(12)4/h9-10H,6-8H2,1-5H3. The van der Waals surface area contributed by atoms with Gasteiger partial charge in [-0.1, -0.05) is 0 Å². The van der Waals surface area contributed by atoms with E-state index in [1.807, 2.05) is 27.7 Å². The highest BCUT2D eigenvalue weighted by molar-refractivity contribution is 7.88. The summed E-state index contributed by atoms with van der Waals surface area (Å²) in [5.41, 5.74) is 1.74. The lowest BCUT2D eigenvalue weighted by Gasteiger charge is -2.27. The van der Waals surface area contributed by atoms with Crippen LogP contribution in [0.15, 0.2) is 22.4 Å². The van der Waals surface area contributed by atoms with Crippen LogP contribution in [0.3, 0.4) is 0 Å². The molecule has 24 heavy (non-hydrogen) atoms. The lowest BCUT2D eigenvalue weighted by Crippen LogP contribution is -2.40. The van der Waals surface area contributed by atoms with Crippen LogP contribution in [-0.4, -0.2) is 59.2 Å². The van der Waals surface area contributed by atoms with Crippen LogP contribution >= 0.6 is 0 Å². The Morgan fingerprint density at radius 2 is 1.88 bits per heavy atom. The van der Waals surface area contributed by atoms with E-state index in [0.29, 0.717) is 25.2 Å². The molecule has 0 N–H and O–H groups in total. The van der Waals surface area contributed by atoms with Crippen LogP contribution < -0.4 is 0 Å². The van der Waals surface area contributed by atoms with E-state index < -0.39 is 10.2 Å². The maximum Gasteiger partial charge on any atom is 0.345 e. The number of aryl methyl sites for hydroxylation is 1. The Bertz CT molecular complexity index is 803. The minimum absolute atomic E-state index is 0.0901. The number of rotatable bonds is 5. The molecule has 0 radical (unpaired) electrons. The summed E-state index contributed by atoms with van der Waals surface area (Å²) in [7, 11) is -2.61. The molecule has 0 atom stereocenters. The topological polar surface area (TPSA) is 87.9 Å². The molecule has 1 aliphatic rings. The van der Waals surface area contributed by atoms with Crippen molar-refractivity contribution >= 4 is 21.8 Å². The molecule has 0 spiro atoms. The molecule has 0 saturated carbocycles. The van der Waals surface area contributed by atoms with Gasteiger partial charge in [-0.15, -0.1) is 4.40 Å². The number of nitrogens with zero attached hydrogens (tertiary/aromatic N) is 5. The highest BCUT2D eigenvalue weighted by atomic mass is 32.2. The zero-order valence-corrected chi connectivity index (χ0v) is 15.5. The fourth-order valence-electron chi connectivity index (χ4n) is 2.57. The van der Waals surface area contributed by atoms with Crippen molar-refractivity contribution in [3.05, 3.63) is 29.2 Å². The van der Waals surface area contributed by atoms with Crippen LogP contribution in [-0.2, 0) is 21.5 Å². The molecule has 2 rings (SSSR count). The predicted molar refractivity (Wildman–Crippen MR) is 91.9 cm³/mol. The molecule has 1 aliphatic heterocycles. The summed E-state index contributed by atoms with van der Waals surface area (Å²) in [5.74, 6) is -0.334. The van der Waals surface area contributed by atoms with Gasteiger partial charge in [0, 0.05) is 37.9 Å². The van der Waals surface area contributed by atoms with Gasteiger partial charge in [-0.25, -0.2) is 4.31 Å². The third-order valence-corrected chi connectivity index (χ3v) is 5.44. The van der Waals surface area contributed by atoms with Crippen molar-refractivity contribution in [2.45, 2.75) is 34.2 Å². The quantitative estimate of drug-likeness (QED) is 0.788. The van der Waals surface area contributed by atoms with Crippen molar-refractivity contribution in [1.82, 2.24) is 19.0 Å². The van der Waals surface area contributed by atoms with Crippen LogP contribution in [0.1, 0.15) is 32.0 Å². The second-order valence-electron chi connectivity index (χ2n) is 5.39. The van der Waals surface area contributed by atoms with Gasteiger partial charge in [0.1, 0.15) is 5.70 Å². The fourth-order valence-corrected chi connectivity index (χ4v) is 3.47. The van der Waals surface area contributed by atoms with Crippen molar-refractivity contribution in [2.24, 2.45) is 4.40 Å². The summed E-state index contributed by atoms with van der Waals surface area (Å²) >= 11 is 0. The number of likely N-dealkylation sites (N-methyl/N-ethyl adjacent to an activating group) is 2. The van der Waals surface area contributed by atoms with E-state index in [4.69, 9.17) is 0 Å². The van der Waals surface area contributed by atoms with Crippen LogP contribution in [0.25, 0.3) is 0 Å². The Kier molecular flexibility index (Phi) is 5.12. The van der Waals surface area contributed by atoms with E-state index in [0.717, 1.165) is 10.00 Å². The molecule has 0 bridgehead atoms. The Hall–Kier alpha value is -2.16. The van der Waals surface area contributed by atoms with Crippen LogP contribution in [0.2, 0.25) is 0 Å². The molecular formula is C15H23N5O3S. The maximum atomic E-state index is 12.7. The molecule has 1 aromatic heterocycles. The average Bonchev–Trinajstić information content (AvgIpc) is 2.91. The molecular weight excluding hydrogens is 330 g/mol. The molecule has 9 heteroatoms. The second kappa shape index (κ2) is 6.76. The Morgan fingerprint density at radius 1 is 1.25 bits per heavy atom. The lowest BCUT2D eigenvalue weighted by molar-refractivity contribution is -0.127. The van der Waals surface area contributed by atoms with Crippen molar-refractivity contribution in [3.63, 3.8) is 0 Å². The van der Waals surface area contributed by atoms with E-state index in [1.165, 1.54) is 13.1 Å². The van der Waals surface area contributed by atoms with E-state index >= 15 is 0 Å². The summed E-state index contributed by atoms with van der Waals surface area (Å²) in [6, 6.07) is 0. The first-order chi connectivity index (χ1) is 11.3. The first kappa shape index (κ1) is 18.2. The smallest absolute Gasteiger partial charge is 0.338 e. The van der Waals surface area contributed by atoms with E-state index in [2.05, 4.69) is 9.50 Å². The minimum Gasteiger partial charge on any atom is -0.338 e. The minimum atomic E-state index is -3.95. The molecule has 0 fully saturated rings. The fraction of sp³-hybridized carbons (Fsp3) is 0.533. The Balaban J connectivity index is 2.56. The van der Waals surface area contributed by atoms with Gasteiger partial charge in [0.2, 0.25) is 0 Å². The normalized spacial score (nSPS) is 16.6. The Morgan fingerprint density at radius 3 is 2.38 bits per heavy atom. The second-order valence-corrected chi connectivity index (χ2v) is 7.01. The highest BCUT2D eigenvalue weighted by Gasteiger charge is 2.32. The largest absolute Gasteiger partial charge is 0.345 e. The van der Waals surface area contributed by atoms with Crippen molar-refractivity contribution < 1.29 is 13.2 Å². The van der Waals surface area contributed by atoms with Gasteiger partial charge < -0.3 is 4.90 Å². The zero-order chi connectivity index (χ0) is 18.1. The molecule has 1 aromatic rings. The molecule has 0 aliphatic carbocycles. The summed E-state index contributed by atoms with van der Waals surface area (Å²) < 4.78 is 31.2. The van der Waals surface area contributed by atoms with Crippen LogP contribution in [0.5, 0.6) is 0 Å². The van der Waals surface area contributed by atoms with Crippen molar-refractivity contribution in [3.8, 4) is 0 Å². The predicted octanol–water partition coefficient (Wildman–Crippen LogP) is 0.943. The summed E-state index contributed by atoms with van der Waals surface area (Å²) in [4.78, 5) is 14.2. The molecule has 8 nitrogen and oxygen atoms in total. The number of aromatic nitrogens is 2. The molecule has 2 heterocycles. The zero-order valence-electron chi connectivity index (χ0n) is 14.6. The van der Waals surface area contributed by atoms with Gasteiger partial charge in [0.05, 0.1) is 11.9 Å². The highest BCUT2D eigenvalue weighted by Crippen LogP contribution is 2.22. The molecule has 0 saturated heterocycles. The van der Waals surface area contributed by atoms with Gasteiger partial charge in [-0.2, -0.15) is 13.5 Å². The number of hydrogen-bond acceptors (Lipinski definition) is 4. The van der Waals surface area contributed by atoms with Crippen molar-refractivity contribution in [1.29, 1.82) is 0 Å². The third kappa shape index (κ3) is 3.08. The Labute approximate surface area is 142 Å². The summed E-state index contributed by atoms with van der Waals surface area (Å²) in [5, 5.41) is 4.22. The number of amides is 1. The monoisotopic (exact) mass is 353 g/mol. The molecule has 1 amide bonds. The molecule has 0 aromatic carbocycles. The van der Waals surface area contributed by atoms with Gasteiger partial charge in [0.25, 0.3) is 5.91 Å². The van der Waals surface area contributed by atoms with Gasteiger partial charge in [-0.05, 0) is 33.8 Å². The lowest BCUT2D eigenvalue weighted by atomic mass is 10.1. The van der Waals surface area contributed by atoms with E-state index in [-0.39, 0.29) is 17.3 Å². The molecule has 132 valence electrons. The van der Waals surface area contributed by atoms with Crippen molar-refractivity contribution in [2.75, 3.05) is 20.1 Å². The van der Waals surface area contributed by atoms with Crippen LogP contribution in [0, 0.1) is 6.92 Å². The van der Waals surface area contributed by atoms with E-state index in [9.17, 15) is 13.2 Å². The summed E-state index contributed by atoms with van der Waals surface area (Å²) in [6.07, 6.45) is 3.10. The number of allylic oxidation sites excluding steroid dienone is 1. The average molecular weight is 353 g/mol. The van der Waals surface area contributed by atoms with Gasteiger partial charge in [-0.3, -0.25) is 9.48 Å². The van der Waals surface area contributed by atoms with Gasteiger partial charge in [0.15, 0.2) is 0 Å². The third-order valence-electron chi connectivity index (χ3n) is 4.12. The number of carbonyl (C=O) groups is 1. The molecule has 0 unspecified atom stereocenters. The van der Waals surface area contributed by atoms with E-state index in [1.54, 1.807) is 15.8 Å².